The van der Waals surface area contributed by atoms with E-state index >= 15 is 0 Å². The predicted octanol–water partition coefficient (Wildman–Crippen LogP) is 2.68. The summed E-state index contributed by atoms with van der Waals surface area (Å²) >= 11 is 0. The molecule has 100 valence electrons. The molecule has 1 aromatic carbocycles. The molecule has 0 aliphatic carbocycles. The molecule has 0 bridgehead atoms. The van der Waals surface area contributed by atoms with Crippen LogP contribution in [0.4, 0.5) is 23.3 Å². The molecule has 0 amide bonds. The lowest BCUT2D eigenvalue weighted by atomic mass is 9.86. The van der Waals surface area contributed by atoms with Crippen LogP contribution in [0.1, 0.15) is 26.3 Å². The smallest absolute Gasteiger partial charge is 0.223 e. The van der Waals surface area contributed by atoms with Gasteiger partial charge in [-0.2, -0.15) is 9.97 Å². The molecular formula is C14H19N5. The Labute approximate surface area is 113 Å². The van der Waals surface area contributed by atoms with Crippen molar-refractivity contribution in [1.82, 2.24) is 9.97 Å². The molecule has 0 saturated carbocycles. The maximum atomic E-state index is 5.67. The lowest BCUT2D eigenvalue weighted by Gasteiger charge is -2.23. The van der Waals surface area contributed by atoms with Gasteiger partial charge in [0.05, 0.1) is 0 Å². The number of anilines is 4. The van der Waals surface area contributed by atoms with Crippen LogP contribution in [0, 0.1) is 0 Å². The molecule has 1 heterocycles. The number of benzene rings is 1. The zero-order valence-corrected chi connectivity index (χ0v) is 11.4. The normalized spacial score (nSPS) is 11.3. The van der Waals surface area contributed by atoms with Crippen molar-refractivity contribution >= 4 is 23.3 Å². The first-order valence-corrected chi connectivity index (χ1v) is 6.13. The monoisotopic (exact) mass is 257 g/mol. The molecule has 5 nitrogen and oxygen atoms in total. The van der Waals surface area contributed by atoms with Crippen molar-refractivity contribution in [2.45, 2.75) is 26.2 Å². The van der Waals surface area contributed by atoms with Gasteiger partial charge in [-0.25, -0.2) is 0 Å². The summed E-state index contributed by atoms with van der Waals surface area (Å²) in [6.45, 7) is 6.49. The Morgan fingerprint density at radius 3 is 2.37 bits per heavy atom. The molecule has 0 aliphatic heterocycles. The number of nitrogen functional groups attached to an aromatic ring is 2. The van der Waals surface area contributed by atoms with Crippen LogP contribution in [-0.2, 0) is 5.41 Å². The minimum Gasteiger partial charge on any atom is -0.383 e. The van der Waals surface area contributed by atoms with Crippen LogP contribution in [0.15, 0.2) is 30.3 Å². The quantitative estimate of drug-likeness (QED) is 0.769. The van der Waals surface area contributed by atoms with Crippen molar-refractivity contribution in [3.05, 3.63) is 35.9 Å². The average molecular weight is 257 g/mol. The number of nitrogens with one attached hydrogen (secondary N) is 1. The van der Waals surface area contributed by atoms with Gasteiger partial charge in [0.15, 0.2) is 0 Å². The molecule has 0 fully saturated rings. The molecule has 2 aromatic rings. The van der Waals surface area contributed by atoms with Crippen molar-refractivity contribution < 1.29 is 0 Å². The molecule has 19 heavy (non-hydrogen) atoms. The van der Waals surface area contributed by atoms with E-state index in [9.17, 15) is 0 Å². The molecular weight excluding hydrogens is 238 g/mol. The van der Waals surface area contributed by atoms with E-state index in [-0.39, 0.29) is 11.4 Å². The highest BCUT2D eigenvalue weighted by atomic mass is 15.1. The van der Waals surface area contributed by atoms with Crippen molar-refractivity contribution in [1.29, 1.82) is 0 Å². The van der Waals surface area contributed by atoms with Crippen molar-refractivity contribution in [2.24, 2.45) is 0 Å². The second-order valence-corrected chi connectivity index (χ2v) is 5.46. The van der Waals surface area contributed by atoms with Gasteiger partial charge in [-0.05, 0) is 17.0 Å². The van der Waals surface area contributed by atoms with Gasteiger partial charge in [-0.1, -0.05) is 39.0 Å². The fraction of sp³-hybridized carbons (Fsp3) is 0.286. The first kappa shape index (κ1) is 13.1. The lowest BCUT2D eigenvalue weighted by Crippen LogP contribution is -2.14. The van der Waals surface area contributed by atoms with Gasteiger partial charge in [-0.15, -0.1) is 0 Å². The Morgan fingerprint density at radius 2 is 1.74 bits per heavy atom. The number of nitrogens with two attached hydrogens (primary N) is 2. The topological polar surface area (TPSA) is 89.8 Å². The Morgan fingerprint density at radius 1 is 1.05 bits per heavy atom. The van der Waals surface area contributed by atoms with Crippen LogP contribution < -0.4 is 16.8 Å². The van der Waals surface area contributed by atoms with Crippen LogP contribution in [0.5, 0.6) is 0 Å². The fourth-order valence-electron chi connectivity index (χ4n) is 1.93. The first-order chi connectivity index (χ1) is 8.86. The van der Waals surface area contributed by atoms with Crippen LogP contribution in [0.3, 0.4) is 0 Å². The van der Waals surface area contributed by atoms with Crippen molar-refractivity contribution in [3.8, 4) is 0 Å². The largest absolute Gasteiger partial charge is 0.383 e. The summed E-state index contributed by atoms with van der Waals surface area (Å²) < 4.78 is 0. The molecule has 5 heteroatoms. The second kappa shape index (κ2) is 4.76. The van der Waals surface area contributed by atoms with Gasteiger partial charge in [0.1, 0.15) is 11.6 Å². The number of hydrogen-bond acceptors (Lipinski definition) is 5. The van der Waals surface area contributed by atoms with Gasteiger partial charge in [0, 0.05) is 11.8 Å². The fourth-order valence-corrected chi connectivity index (χ4v) is 1.93. The lowest BCUT2D eigenvalue weighted by molar-refractivity contribution is 0.592. The number of nitrogens with zero attached hydrogens (tertiary/aromatic N) is 2. The van der Waals surface area contributed by atoms with Gasteiger partial charge in [0.25, 0.3) is 0 Å². The van der Waals surface area contributed by atoms with E-state index in [4.69, 9.17) is 11.5 Å². The van der Waals surface area contributed by atoms with Crippen LogP contribution in [0.2, 0.25) is 0 Å². The highest BCUT2D eigenvalue weighted by Gasteiger charge is 2.17. The van der Waals surface area contributed by atoms with Crippen LogP contribution in [0.25, 0.3) is 0 Å². The summed E-state index contributed by atoms with van der Waals surface area (Å²) in [5.74, 6) is 1.11. The molecule has 0 radical (unpaired) electrons. The van der Waals surface area contributed by atoms with Crippen molar-refractivity contribution in [2.75, 3.05) is 16.8 Å². The zero-order valence-electron chi connectivity index (χ0n) is 11.4. The van der Waals surface area contributed by atoms with Crippen molar-refractivity contribution in [3.63, 3.8) is 0 Å². The Bertz CT molecular complexity index is 566. The molecule has 0 spiro atoms. The minimum absolute atomic E-state index is 0.0354. The van der Waals surface area contributed by atoms with Crippen LogP contribution >= 0.6 is 0 Å². The summed E-state index contributed by atoms with van der Waals surface area (Å²) in [5, 5.41) is 3.25. The van der Waals surface area contributed by atoms with Crippen LogP contribution in [-0.4, -0.2) is 9.97 Å². The standard InChI is InChI=1S/C14H19N5/c1-14(2,3)9-6-4-5-7-10(9)17-12-8-11(15)18-13(16)19-12/h4-8H,1-3H3,(H5,15,16,17,18,19). The number of hydrogen-bond donors (Lipinski definition) is 3. The Balaban J connectivity index is 2.38. The van der Waals surface area contributed by atoms with E-state index in [0.717, 1.165) is 5.69 Å². The number of para-hydroxylation sites is 1. The Kier molecular flexibility index (Phi) is 3.29. The van der Waals surface area contributed by atoms with Gasteiger partial charge in [-0.3, -0.25) is 0 Å². The molecule has 0 atom stereocenters. The highest BCUT2D eigenvalue weighted by Crippen LogP contribution is 2.31. The summed E-state index contributed by atoms with van der Waals surface area (Å²) in [7, 11) is 0. The summed E-state index contributed by atoms with van der Waals surface area (Å²) in [5.41, 5.74) is 13.5. The SMILES string of the molecule is CC(C)(C)c1ccccc1Nc1cc(N)nc(N)n1. The van der Waals surface area contributed by atoms with E-state index in [1.165, 1.54) is 5.56 Å². The Hall–Kier alpha value is -2.30. The van der Waals surface area contributed by atoms with E-state index in [0.29, 0.717) is 11.6 Å². The molecule has 2 rings (SSSR count). The zero-order chi connectivity index (χ0) is 14.0. The molecule has 0 saturated heterocycles. The van der Waals surface area contributed by atoms with E-state index < -0.39 is 0 Å². The minimum atomic E-state index is 0.0354. The van der Waals surface area contributed by atoms with Gasteiger partial charge >= 0.3 is 0 Å². The van der Waals surface area contributed by atoms with Gasteiger partial charge in [0.2, 0.25) is 5.95 Å². The molecule has 1 aromatic heterocycles. The molecule has 0 aliphatic rings. The third-order valence-electron chi connectivity index (χ3n) is 2.76. The summed E-state index contributed by atoms with van der Waals surface area (Å²) in [6, 6.07) is 9.76. The number of rotatable bonds is 2. The molecule has 5 N–H and O–H groups in total. The number of aromatic nitrogens is 2. The maximum Gasteiger partial charge on any atom is 0.223 e. The summed E-state index contributed by atoms with van der Waals surface area (Å²) in [6.07, 6.45) is 0. The highest BCUT2D eigenvalue weighted by molar-refractivity contribution is 5.64. The third kappa shape index (κ3) is 3.13. The van der Waals surface area contributed by atoms with E-state index in [2.05, 4.69) is 42.1 Å². The average Bonchev–Trinajstić information content (AvgIpc) is 2.26. The predicted molar refractivity (Wildman–Crippen MR) is 79.3 cm³/mol. The first-order valence-electron chi connectivity index (χ1n) is 6.13. The summed E-state index contributed by atoms with van der Waals surface area (Å²) in [4.78, 5) is 7.98. The maximum absolute atomic E-state index is 5.67. The van der Waals surface area contributed by atoms with Gasteiger partial charge < -0.3 is 16.8 Å². The molecule has 0 unspecified atom stereocenters. The second-order valence-electron chi connectivity index (χ2n) is 5.46. The van der Waals surface area contributed by atoms with E-state index in [1.54, 1.807) is 6.07 Å². The third-order valence-corrected chi connectivity index (χ3v) is 2.76. The van der Waals surface area contributed by atoms with E-state index in [1.807, 2.05) is 18.2 Å².